The molecule has 0 saturated carbocycles. The van der Waals surface area contributed by atoms with Gasteiger partial charge in [0.2, 0.25) is 11.8 Å². The van der Waals surface area contributed by atoms with Gasteiger partial charge in [-0.2, -0.15) is 0 Å². The van der Waals surface area contributed by atoms with Crippen LogP contribution in [-0.2, 0) is 11.3 Å². The van der Waals surface area contributed by atoms with Crippen LogP contribution in [0.2, 0.25) is 0 Å². The van der Waals surface area contributed by atoms with Crippen LogP contribution in [-0.4, -0.2) is 46.7 Å². The molecule has 6 nitrogen and oxygen atoms in total. The SMILES string of the molecule is COc1nc(C)cc(C)c1CN1CCCC(O)(CC(N)=O)C1. The third kappa shape index (κ3) is 3.96. The van der Waals surface area contributed by atoms with Gasteiger partial charge in [0.15, 0.2) is 0 Å². The first kappa shape index (κ1) is 16.7. The molecule has 1 unspecified atom stereocenters. The number of rotatable bonds is 5. The van der Waals surface area contributed by atoms with Gasteiger partial charge in [0.25, 0.3) is 0 Å². The molecule has 1 atom stereocenters. The average molecular weight is 307 g/mol. The molecule has 0 radical (unpaired) electrons. The van der Waals surface area contributed by atoms with Crippen LogP contribution in [0.4, 0.5) is 0 Å². The van der Waals surface area contributed by atoms with Crippen molar-refractivity contribution in [2.24, 2.45) is 5.73 Å². The lowest BCUT2D eigenvalue weighted by Crippen LogP contribution is -2.49. The third-order valence-electron chi connectivity index (χ3n) is 4.15. The molecule has 2 rings (SSSR count). The molecule has 1 aromatic heterocycles. The fourth-order valence-corrected chi connectivity index (χ4v) is 3.22. The summed E-state index contributed by atoms with van der Waals surface area (Å²) in [6, 6.07) is 2.03. The van der Waals surface area contributed by atoms with Crippen LogP contribution in [0.1, 0.15) is 36.1 Å². The number of aryl methyl sites for hydroxylation is 2. The molecule has 122 valence electrons. The lowest BCUT2D eigenvalue weighted by Gasteiger charge is -2.39. The lowest BCUT2D eigenvalue weighted by atomic mass is 9.89. The Morgan fingerprint density at radius 1 is 1.55 bits per heavy atom. The average Bonchev–Trinajstić information content (AvgIpc) is 2.40. The number of nitrogens with zero attached hydrogens (tertiary/aromatic N) is 2. The van der Waals surface area contributed by atoms with E-state index in [9.17, 15) is 9.90 Å². The number of likely N-dealkylation sites (tertiary alicyclic amines) is 1. The van der Waals surface area contributed by atoms with E-state index in [1.807, 2.05) is 19.9 Å². The van der Waals surface area contributed by atoms with Gasteiger partial charge in [0, 0.05) is 24.3 Å². The van der Waals surface area contributed by atoms with E-state index in [0.29, 0.717) is 25.4 Å². The minimum atomic E-state index is -1.02. The lowest BCUT2D eigenvalue weighted by molar-refractivity contribution is -0.125. The van der Waals surface area contributed by atoms with Gasteiger partial charge >= 0.3 is 0 Å². The first-order valence-electron chi connectivity index (χ1n) is 7.57. The van der Waals surface area contributed by atoms with Gasteiger partial charge in [0.1, 0.15) is 0 Å². The molecule has 1 aliphatic rings. The number of hydrogen-bond acceptors (Lipinski definition) is 5. The quantitative estimate of drug-likeness (QED) is 0.844. The summed E-state index contributed by atoms with van der Waals surface area (Å²) < 4.78 is 5.39. The second kappa shape index (κ2) is 6.62. The fourth-order valence-electron chi connectivity index (χ4n) is 3.22. The van der Waals surface area contributed by atoms with Gasteiger partial charge in [-0.3, -0.25) is 9.69 Å². The third-order valence-corrected chi connectivity index (χ3v) is 4.15. The standard InChI is InChI=1S/C16H25N3O3/c1-11-7-12(2)18-15(22-3)13(11)9-19-6-4-5-16(21,10-19)8-14(17)20/h7,21H,4-6,8-10H2,1-3H3,(H2,17,20). The van der Waals surface area contributed by atoms with E-state index in [-0.39, 0.29) is 6.42 Å². The number of aliphatic hydroxyl groups is 1. The summed E-state index contributed by atoms with van der Waals surface area (Å²) in [5.41, 5.74) is 7.28. The molecular weight excluding hydrogens is 282 g/mol. The summed E-state index contributed by atoms with van der Waals surface area (Å²) in [5.74, 6) is 0.164. The van der Waals surface area contributed by atoms with Crippen LogP contribution in [0, 0.1) is 13.8 Å². The number of methoxy groups -OCH3 is 1. The van der Waals surface area contributed by atoms with Crippen molar-refractivity contribution in [1.82, 2.24) is 9.88 Å². The topological polar surface area (TPSA) is 88.7 Å². The van der Waals surface area contributed by atoms with Crippen molar-refractivity contribution in [3.63, 3.8) is 0 Å². The number of primary amides is 1. The second-order valence-corrected chi connectivity index (χ2v) is 6.25. The Balaban J connectivity index is 2.15. The predicted octanol–water partition coefficient (Wildman–Crippen LogP) is 0.909. The Morgan fingerprint density at radius 3 is 2.91 bits per heavy atom. The fraction of sp³-hybridized carbons (Fsp3) is 0.625. The highest BCUT2D eigenvalue weighted by Crippen LogP contribution is 2.28. The van der Waals surface area contributed by atoms with Crippen molar-refractivity contribution < 1.29 is 14.6 Å². The molecule has 3 N–H and O–H groups in total. The molecule has 1 aromatic rings. The van der Waals surface area contributed by atoms with Gasteiger partial charge in [-0.1, -0.05) is 0 Å². The van der Waals surface area contributed by atoms with E-state index in [0.717, 1.165) is 29.8 Å². The summed E-state index contributed by atoms with van der Waals surface area (Å²) in [5, 5.41) is 10.5. The molecule has 1 fully saturated rings. The van der Waals surface area contributed by atoms with E-state index in [1.165, 1.54) is 0 Å². The number of piperidine rings is 1. The Kier molecular flexibility index (Phi) is 5.03. The van der Waals surface area contributed by atoms with Crippen molar-refractivity contribution in [3.8, 4) is 5.88 Å². The first-order valence-corrected chi connectivity index (χ1v) is 7.57. The van der Waals surface area contributed by atoms with E-state index in [4.69, 9.17) is 10.5 Å². The minimum Gasteiger partial charge on any atom is -0.481 e. The Morgan fingerprint density at radius 2 is 2.27 bits per heavy atom. The molecule has 0 spiro atoms. The normalized spacial score (nSPS) is 22.5. The Hall–Kier alpha value is -1.66. The van der Waals surface area contributed by atoms with Gasteiger partial charge in [-0.15, -0.1) is 0 Å². The molecule has 1 saturated heterocycles. The van der Waals surface area contributed by atoms with Crippen molar-refractivity contribution in [2.45, 2.75) is 45.3 Å². The van der Waals surface area contributed by atoms with E-state index in [1.54, 1.807) is 7.11 Å². The van der Waals surface area contributed by atoms with Gasteiger partial charge in [-0.25, -0.2) is 4.98 Å². The highest BCUT2D eigenvalue weighted by molar-refractivity contribution is 5.75. The number of β-amino-alcohol motifs (C(OH)–C–C–N with tert-alkyl or cyclic N) is 1. The summed E-state index contributed by atoms with van der Waals surface area (Å²) in [6.45, 7) is 5.92. The zero-order chi connectivity index (χ0) is 16.3. The van der Waals surface area contributed by atoms with Crippen molar-refractivity contribution >= 4 is 5.91 Å². The Bertz CT molecular complexity index is 562. The molecule has 6 heteroatoms. The van der Waals surface area contributed by atoms with Crippen LogP contribution in [0.25, 0.3) is 0 Å². The number of amides is 1. The molecular formula is C16H25N3O3. The molecule has 0 aromatic carbocycles. The summed E-state index contributed by atoms with van der Waals surface area (Å²) >= 11 is 0. The van der Waals surface area contributed by atoms with Gasteiger partial charge in [-0.05, 0) is 44.9 Å². The van der Waals surface area contributed by atoms with E-state index in [2.05, 4.69) is 9.88 Å². The van der Waals surface area contributed by atoms with Crippen LogP contribution >= 0.6 is 0 Å². The number of carbonyl (C=O) groups excluding carboxylic acids is 1. The predicted molar refractivity (Wildman–Crippen MR) is 83.5 cm³/mol. The molecule has 1 amide bonds. The van der Waals surface area contributed by atoms with Crippen molar-refractivity contribution in [1.29, 1.82) is 0 Å². The maximum atomic E-state index is 11.1. The van der Waals surface area contributed by atoms with Gasteiger partial charge in [0.05, 0.1) is 19.1 Å². The van der Waals surface area contributed by atoms with Crippen molar-refractivity contribution in [2.75, 3.05) is 20.2 Å². The summed E-state index contributed by atoms with van der Waals surface area (Å²) in [6.07, 6.45) is 1.45. The number of pyridine rings is 1. The zero-order valence-electron chi connectivity index (χ0n) is 13.6. The maximum absolute atomic E-state index is 11.1. The number of carbonyl (C=O) groups is 1. The van der Waals surface area contributed by atoms with E-state index >= 15 is 0 Å². The minimum absolute atomic E-state index is 0.00572. The summed E-state index contributed by atoms with van der Waals surface area (Å²) in [4.78, 5) is 17.7. The highest BCUT2D eigenvalue weighted by atomic mass is 16.5. The second-order valence-electron chi connectivity index (χ2n) is 6.25. The number of hydrogen-bond donors (Lipinski definition) is 2. The maximum Gasteiger partial charge on any atom is 0.220 e. The monoisotopic (exact) mass is 307 g/mol. The zero-order valence-corrected chi connectivity index (χ0v) is 13.6. The molecule has 0 aliphatic carbocycles. The molecule has 1 aliphatic heterocycles. The molecule has 2 heterocycles. The van der Waals surface area contributed by atoms with E-state index < -0.39 is 11.5 Å². The Labute approximate surface area is 131 Å². The molecule has 0 bridgehead atoms. The number of ether oxygens (including phenoxy) is 1. The largest absolute Gasteiger partial charge is 0.481 e. The summed E-state index contributed by atoms with van der Waals surface area (Å²) in [7, 11) is 1.62. The van der Waals surface area contributed by atoms with Crippen LogP contribution in [0.5, 0.6) is 5.88 Å². The number of nitrogens with two attached hydrogens (primary N) is 1. The molecule has 22 heavy (non-hydrogen) atoms. The van der Waals surface area contributed by atoms with Crippen LogP contribution in [0.15, 0.2) is 6.07 Å². The van der Waals surface area contributed by atoms with Crippen LogP contribution in [0.3, 0.4) is 0 Å². The smallest absolute Gasteiger partial charge is 0.220 e. The van der Waals surface area contributed by atoms with Crippen LogP contribution < -0.4 is 10.5 Å². The van der Waals surface area contributed by atoms with Crippen molar-refractivity contribution in [3.05, 3.63) is 22.9 Å². The van der Waals surface area contributed by atoms with Gasteiger partial charge < -0.3 is 15.6 Å². The first-order chi connectivity index (χ1) is 10.3. The highest BCUT2D eigenvalue weighted by Gasteiger charge is 2.35. The number of aromatic nitrogens is 1.